The molecule has 0 bridgehead atoms. The zero-order valence-corrected chi connectivity index (χ0v) is 15.7. The average molecular weight is 373 g/mol. The zero-order chi connectivity index (χ0) is 18.6. The highest BCUT2D eigenvalue weighted by Gasteiger charge is 2.19. The number of para-hydroxylation sites is 1. The first kappa shape index (κ1) is 17.2. The van der Waals surface area contributed by atoms with Gasteiger partial charge in [0.15, 0.2) is 0 Å². The summed E-state index contributed by atoms with van der Waals surface area (Å²) >= 11 is 1.63. The SMILES string of the molecule is Cc1ccccc1-c1nn(-c2ccccc2)cc1C(=O)NCc1cccs1. The summed E-state index contributed by atoms with van der Waals surface area (Å²) in [7, 11) is 0. The van der Waals surface area contributed by atoms with Crippen molar-refractivity contribution in [3.63, 3.8) is 0 Å². The first-order valence-electron chi connectivity index (χ1n) is 8.74. The number of benzene rings is 2. The summed E-state index contributed by atoms with van der Waals surface area (Å²) in [6, 6.07) is 21.8. The van der Waals surface area contributed by atoms with Crippen molar-refractivity contribution in [3.05, 3.63) is 94.3 Å². The highest BCUT2D eigenvalue weighted by atomic mass is 32.1. The van der Waals surface area contributed by atoms with Gasteiger partial charge in [0.05, 0.1) is 17.8 Å². The minimum atomic E-state index is -0.121. The topological polar surface area (TPSA) is 46.9 Å². The van der Waals surface area contributed by atoms with Crippen molar-refractivity contribution in [2.24, 2.45) is 0 Å². The Hall–Kier alpha value is -3.18. The maximum Gasteiger partial charge on any atom is 0.255 e. The number of nitrogens with one attached hydrogen (secondary N) is 1. The maximum absolute atomic E-state index is 12.9. The molecule has 2 heterocycles. The van der Waals surface area contributed by atoms with Crippen LogP contribution in [-0.4, -0.2) is 15.7 Å². The normalized spacial score (nSPS) is 10.7. The number of carbonyl (C=O) groups is 1. The van der Waals surface area contributed by atoms with E-state index in [0.29, 0.717) is 17.8 Å². The molecule has 0 fully saturated rings. The van der Waals surface area contributed by atoms with Gasteiger partial charge in [-0.1, -0.05) is 48.5 Å². The van der Waals surface area contributed by atoms with Gasteiger partial charge in [0.2, 0.25) is 0 Å². The lowest BCUT2D eigenvalue weighted by Gasteiger charge is -2.06. The number of hydrogen-bond acceptors (Lipinski definition) is 3. The van der Waals surface area contributed by atoms with Crippen LogP contribution >= 0.6 is 11.3 Å². The van der Waals surface area contributed by atoms with E-state index in [0.717, 1.165) is 21.7 Å². The monoisotopic (exact) mass is 373 g/mol. The number of hydrogen-bond donors (Lipinski definition) is 1. The van der Waals surface area contributed by atoms with Gasteiger partial charge in [-0.25, -0.2) is 4.68 Å². The summed E-state index contributed by atoms with van der Waals surface area (Å²) in [5, 5.41) is 9.76. The molecule has 0 unspecified atom stereocenters. The molecule has 0 aliphatic heterocycles. The molecule has 1 N–H and O–H groups in total. The van der Waals surface area contributed by atoms with Crippen LogP contribution in [0.4, 0.5) is 0 Å². The molecule has 1 amide bonds. The third kappa shape index (κ3) is 3.68. The molecule has 0 atom stereocenters. The van der Waals surface area contributed by atoms with Crippen LogP contribution in [0.15, 0.2) is 78.3 Å². The summed E-state index contributed by atoms with van der Waals surface area (Å²) in [4.78, 5) is 14.1. The maximum atomic E-state index is 12.9. The number of carbonyl (C=O) groups excluding carboxylic acids is 1. The standard InChI is InChI=1S/C22H19N3OS/c1-16-8-5-6-12-19(16)21-20(22(26)23-14-18-11-7-13-27-18)15-25(24-21)17-9-3-2-4-10-17/h2-13,15H,14H2,1H3,(H,23,26). The molecule has 134 valence electrons. The number of nitrogens with zero attached hydrogens (tertiary/aromatic N) is 2. The first-order valence-corrected chi connectivity index (χ1v) is 9.62. The zero-order valence-electron chi connectivity index (χ0n) is 14.9. The van der Waals surface area contributed by atoms with Crippen molar-refractivity contribution < 1.29 is 4.79 Å². The first-order chi connectivity index (χ1) is 13.2. The largest absolute Gasteiger partial charge is 0.347 e. The summed E-state index contributed by atoms with van der Waals surface area (Å²) in [6.45, 7) is 2.55. The van der Waals surface area contributed by atoms with E-state index < -0.39 is 0 Å². The fourth-order valence-corrected chi connectivity index (χ4v) is 3.61. The second kappa shape index (κ2) is 7.60. The van der Waals surface area contributed by atoms with E-state index in [1.54, 1.807) is 22.2 Å². The van der Waals surface area contributed by atoms with Crippen molar-refractivity contribution in [2.75, 3.05) is 0 Å². The van der Waals surface area contributed by atoms with E-state index in [4.69, 9.17) is 5.10 Å². The Balaban J connectivity index is 1.73. The summed E-state index contributed by atoms with van der Waals surface area (Å²) in [5.74, 6) is -0.121. The van der Waals surface area contributed by atoms with Gasteiger partial charge >= 0.3 is 0 Å². The Morgan fingerprint density at radius 2 is 1.81 bits per heavy atom. The Kier molecular flexibility index (Phi) is 4.85. The van der Waals surface area contributed by atoms with Crippen LogP contribution < -0.4 is 5.32 Å². The van der Waals surface area contributed by atoms with Crippen LogP contribution in [0.25, 0.3) is 16.9 Å². The van der Waals surface area contributed by atoms with Gasteiger partial charge in [0.25, 0.3) is 5.91 Å². The Morgan fingerprint density at radius 3 is 2.56 bits per heavy atom. The predicted molar refractivity (Wildman–Crippen MR) is 109 cm³/mol. The fraction of sp³-hybridized carbons (Fsp3) is 0.0909. The molecular weight excluding hydrogens is 354 g/mol. The van der Waals surface area contributed by atoms with Crippen LogP contribution in [0, 0.1) is 6.92 Å². The Bertz CT molecular complexity index is 1050. The van der Waals surface area contributed by atoms with Gasteiger partial charge in [-0.2, -0.15) is 5.10 Å². The molecule has 27 heavy (non-hydrogen) atoms. The van der Waals surface area contributed by atoms with Gasteiger partial charge in [0, 0.05) is 16.6 Å². The number of aromatic nitrogens is 2. The van der Waals surface area contributed by atoms with E-state index >= 15 is 0 Å². The minimum Gasteiger partial charge on any atom is -0.347 e. The third-order valence-electron chi connectivity index (χ3n) is 4.38. The van der Waals surface area contributed by atoms with Crippen molar-refractivity contribution in [1.82, 2.24) is 15.1 Å². The molecule has 0 saturated carbocycles. The fourth-order valence-electron chi connectivity index (χ4n) is 2.97. The van der Waals surface area contributed by atoms with Crippen LogP contribution in [0.1, 0.15) is 20.8 Å². The molecule has 5 heteroatoms. The number of amides is 1. The Labute approximate surface area is 162 Å². The van der Waals surface area contributed by atoms with Crippen molar-refractivity contribution in [1.29, 1.82) is 0 Å². The second-order valence-corrected chi connectivity index (χ2v) is 7.28. The van der Waals surface area contributed by atoms with Gasteiger partial charge < -0.3 is 5.32 Å². The second-order valence-electron chi connectivity index (χ2n) is 6.25. The molecule has 2 aromatic heterocycles. The summed E-state index contributed by atoms with van der Waals surface area (Å²) in [5.41, 5.74) is 4.24. The lowest BCUT2D eigenvalue weighted by molar-refractivity contribution is 0.0952. The molecule has 0 aliphatic rings. The van der Waals surface area contributed by atoms with E-state index in [1.165, 1.54) is 0 Å². The summed E-state index contributed by atoms with van der Waals surface area (Å²) < 4.78 is 1.77. The quantitative estimate of drug-likeness (QED) is 0.544. The highest BCUT2D eigenvalue weighted by molar-refractivity contribution is 7.09. The highest BCUT2D eigenvalue weighted by Crippen LogP contribution is 2.26. The van der Waals surface area contributed by atoms with Crippen LogP contribution in [0.5, 0.6) is 0 Å². The molecule has 0 aliphatic carbocycles. The smallest absolute Gasteiger partial charge is 0.255 e. The van der Waals surface area contributed by atoms with E-state index in [1.807, 2.05) is 79.0 Å². The van der Waals surface area contributed by atoms with Crippen LogP contribution in [0.2, 0.25) is 0 Å². The van der Waals surface area contributed by atoms with Crippen molar-refractivity contribution in [2.45, 2.75) is 13.5 Å². The molecule has 2 aromatic carbocycles. The number of rotatable bonds is 5. The van der Waals surface area contributed by atoms with Crippen LogP contribution in [-0.2, 0) is 6.54 Å². The van der Waals surface area contributed by atoms with Gasteiger partial charge in [-0.05, 0) is 36.1 Å². The van der Waals surface area contributed by atoms with Crippen molar-refractivity contribution in [3.8, 4) is 16.9 Å². The Morgan fingerprint density at radius 1 is 1.04 bits per heavy atom. The lowest BCUT2D eigenvalue weighted by atomic mass is 10.0. The molecule has 0 saturated heterocycles. The van der Waals surface area contributed by atoms with E-state index in [9.17, 15) is 4.79 Å². The van der Waals surface area contributed by atoms with E-state index in [2.05, 4.69) is 5.32 Å². The third-order valence-corrected chi connectivity index (χ3v) is 5.26. The van der Waals surface area contributed by atoms with Gasteiger partial charge in [-0.3, -0.25) is 4.79 Å². The minimum absolute atomic E-state index is 0.121. The molecule has 4 rings (SSSR count). The predicted octanol–water partition coefficient (Wildman–Crippen LogP) is 4.84. The molecule has 4 nitrogen and oxygen atoms in total. The molecule has 0 spiro atoms. The van der Waals surface area contributed by atoms with Gasteiger partial charge in [-0.15, -0.1) is 11.3 Å². The van der Waals surface area contributed by atoms with E-state index in [-0.39, 0.29) is 5.91 Å². The molecular formula is C22H19N3OS. The lowest BCUT2D eigenvalue weighted by Crippen LogP contribution is -2.22. The number of aryl methyl sites for hydroxylation is 1. The number of thiophene rings is 1. The van der Waals surface area contributed by atoms with Crippen LogP contribution in [0.3, 0.4) is 0 Å². The molecule has 4 aromatic rings. The van der Waals surface area contributed by atoms with Gasteiger partial charge in [0.1, 0.15) is 5.69 Å². The molecule has 0 radical (unpaired) electrons. The average Bonchev–Trinajstić information content (AvgIpc) is 3.37. The van der Waals surface area contributed by atoms with Crippen molar-refractivity contribution >= 4 is 17.2 Å². The summed E-state index contributed by atoms with van der Waals surface area (Å²) in [6.07, 6.45) is 1.81.